The smallest absolute Gasteiger partial charge is 0.462 e. The molecule has 17 nitrogen and oxygen atoms in total. The van der Waals surface area contributed by atoms with Gasteiger partial charge in [-0.3, -0.25) is 37.3 Å². The lowest BCUT2D eigenvalue weighted by Crippen LogP contribution is -2.30. The maximum Gasteiger partial charge on any atom is 0.472 e. The number of hydrogen-bond acceptors (Lipinski definition) is 15. The molecule has 0 aliphatic heterocycles. The average molecular weight is 1200 g/mol. The van der Waals surface area contributed by atoms with Crippen LogP contribution in [-0.2, 0) is 65.4 Å². The van der Waals surface area contributed by atoms with Crippen LogP contribution < -0.4 is 0 Å². The number of phosphoric ester groups is 2. The molecule has 7 atom stereocenters. The van der Waals surface area contributed by atoms with E-state index in [2.05, 4.69) is 41.5 Å². The standard InChI is InChI=1S/C62H120O17P2/c1-7-11-13-15-17-19-21-23-25-34-40-46-61(66)78-57(51-73-60(65)45-39-33-28-26-30-36-42-54(5)9-3)52-76-80(68,69)74-48-56(63)49-75-81(70,71)77-53-58(79-62(67)47-41-35-29-27-31-37-43-55(6)10-4)50-72-59(64)44-38-32-24-22-20-18-16-14-12-8-2/h54-58,63H,7-53H2,1-6H3,(H,68,69)(H,70,71)/t54?,55?,56-,57-,58-/m1/s1. The fraction of sp³-hybridized carbons (Fsp3) is 0.935. The number of phosphoric acid groups is 2. The molecule has 81 heavy (non-hydrogen) atoms. The summed E-state index contributed by atoms with van der Waals surface area (Å²) in [6, 6.07) is 0. The Labute approximate surface area is 492 Å². The third-order valence-corrected chi connectivity index (χ3v) is 16.8. The summed E-state index contributed by atoms with van der Waals surface area (Å²) in [6.07, 6.45) is 36.2. The first-order valence-electron chi connectivity index (χ1n) is 32.6. The molecule has 480 valence electrons. The zero-order chi connectivity index (χ0) is 60.1. The summed E-state index contributed by atoms with van der Waals surface area (Å²) in [5, 5.41) is 10.5. The van der Waals surface area contributed by atoms with E-state index in [1.165, 1.54) is 116 Å². The number of carbonyl (C=O) groups is 4. The maximum atomic E-state index is 12.9. The van der Waals surface area contributed by atoms with E-state index in [0.29, 0.717) is 25.7 Å². The van der Waals surface area contributed by atoms with E-state index in [0.717, 1.165) is 108 Å². The Balaban J connectivity index is 5.25. The molecule has 0 spiro atoms. The molecule has 0 heterocycles. The van der Waals surface area contributed by atoms with Crippen molar-refractivity contribution in [2.75, 3.05) is 39.6 Å². The number of esters is 4. The monoisotopic (exact) mass is 1200 g/mol. The first-order chi connectivity index (χ1) is 38.9. The van der Waals surface area contributed by atoms with Crippen LogP contribution in [0.4, 0.5) is 0 Å². The molecule has 0 fully saturated rings. The molecule has 0 aromatic rings. The van der Waals surface area contributed by atoms with E-state index in [-0.39, 0.29) is 25.7 Å². The first kappa shape index (κ1) is 79.1. The second-order valence-electron chi connectivity index (χ2n) is 22.9. The highest BCUT2D eigenvalue weighted by Gasteiger charge is 2.30. The zero-order valence-electron chi connectivity index (χ0n) is 52.1. The van der Waals surface area contributed by atoms with E-state index < -0.39 is 97.5 Å². The number of unbranched alkanes of at least 4 members (excludes halogenated alkanes) is 29. The predicted octanol–water partition coefficient (Wildman–Crippen LogP) is 16.9. The van der Waals surface area contributed by atoms with Gasteiger partial charge in [-0.2, -0.15) is 0 Å². The van der Waals surface area contributed by atoms with Gasteiger partial charge in [-0.15, -0.1) is 0 Å². The number of ether oxygens (including phenoxy) is 4. The van der Waals surface area contributed by atoms with Crippen LogP contribution in [0.15, 0.2) is 0 Å². The molecule has 3 N–H and O–H groups in total. The highest BCUT2D eigenvalue weighted by Crippen LogP contribution is 2.45. The lowest BCUT2D eigenvalue weighted by atomic mass is 10.00. The molecule has 0 saturated carbocycles. The van der Waals surface area contributed by atoms with E-state index >= 15 is 0 Å². The van der Waals surface area contributed by atoms with Crippen molar-refractivity contribution in [2.24, 2.45) is 11.8 Å². The van der Waals surface area contributed by atoms with Gasteiger partial charge in [-0.1, -0.05) is 253 Å². The summed E-state index contributed by atoms with van der Waals surface area (Å²) in [5.74, 6) is -0.688. The van der Waals surface area contributed by atoms with E-state index in [4.69, 9.17) is 37.0 Å². The van der Waals surface area contributed by atoms with Crippen molar-refractivity contribution in [3.63, 3.8) is 0 Å². The van der Waals surface area contributed by atoms with Crippen LogP contribution in [0.25, 0.3) is 0 Å². The van der Waals surface area contributed by atoms with Gasteiger partial charge >= 0.3 is 39.5 Å². The van der Waals surface area contributed by atoms with E-state index in [1.807, 2.05) is 0 Å². The number of aliphatic hydroxyl groups is 1. The Hall–Kier alpha value is -1.94. The lowest BCUT2D eigenvalue weighted by molar-refractivity contribution is -0.161. The van der Waals surface area contributed by atoms with Gasteiger partial charge in [0.1, 0.15) is 19.3 Å². The maximum absolute atomic E-state index is 12.9. The Morgan fingerprint density at radius 3 is 0.877 bits per heavy atom. The molecular weight excluding hydrogens is 1080 g/mol. The van der Waals surface area contributed by atoms with Crippen LogP contribution in [0.3, 0.4) is 0 Å². The Morgan fingerprint density at radius 2 is 0.593 bits per heavy atom. The van der Waals surface area contributed by atoms with E-state index in [9.17, 15) is 43.2 Å². The molecule has 0 amide bonds. The minimum Gasteiger partial charge on any atom is -0.462 e. The lowest BCUT2D eigenvalue weighted by Gasteiger charge is -2.21. The Kier molecular flexibility index (Phi) is 53.4. The molecule has 4 unspecified atom stereocenters. The van der Waals surface area contributed by atoms with Gasteiger partial charge in [0, 0.05) is 25.7 Å². The molecule has 0 aliphatic rings. The van der Waals surface area contributed by atoms with Crippen LogP contribution in [0.5, 0.6) is 0 Å². The quantitative estimate of drug-likeness (QED) is 0.0222. The second-order valence-corrected chi connectivity index (χ2v) is 25.8. The van der Waals surface area contributed by atoms with Crippen LogP contribution in [0.2, 0.25) is 0 Å². The molecule has 0 aromatic heterocycles. The summed E-state index contributed by atoms with van der Waals surface area (Å²) >= 11 is 0. The van der Waals surface area contributed by atoms with Gasteiger partial charge in [-0.25, -0.2) is 9.13 Å². The highest BCUT2D eigenvalue weighted by molar-refractivity contribution is 7.47. The van der Waals surface area contributed by atoms with Crippen molar-refractivity contribution in [1.29, 1.82) is 0 Å². The van der Waals surface area contributed by atoms with Crippen LogP contribution >= 0.6 is 15.6 Å². The number of carbonyl (C=O) groups excluding carboxylic acids is 4. The summed E-state index contributed by atoms with van der Waals surface area (Å²) in [6.45, 7) is 9.38. The fourth-order valence-corrected chi connectivity index (χ4v) is 10.7. The molecule has 0 radical (unpaired) electrons. The van der Waals surface area contributed by atoms with Crippen LogP contribution in [0, 0.1) is 11.8 Å². The zero-order valence-corrected chi connectivity index (χ0v) is 53.9. The van der Waals surface area contributed by atoms with Gasteiger partial charge < -0.3 is 33.8 Å². The molecule has 0 aromatic carbocycles. The summed E-state index contributed by atoms with van der Waals surface area (Å²) in [4.78, 5) is 72.1. The summed E-state index contributed by atoms with van der Waals surface area (Å²) in [7, 11) is -9.88. The number of hydrogen-bond donors (Lipinski definition) is 3. The normalized spacial score (nSPS) is 15.0. The topological polar surface area (TPSA) is 237 Å². The predicted molar refractivity (Wildman–Crippen MR) is 321 cm³/mol. The summed E-state index contributed by atoms with van der Waals surface area (Å²) in [5.41, 5.74) is 0. The van der Waals surface area contributed by atoms with E-state index in [1.54, 1.807) is 0 Å². The molecule has 19 heteroatoms. The molecule has 0 rings (SSSR count). The fourth-order valence-electron chi connectivity index (χ4n) is 9.11. The van der Waals surface area contributed by atoms with Crippen molar-refractivity contribution in [3.8, 4) is 0 Å². The third kappa shape index (κ3) is 54.5. The van der Waals surface area contributed by atoms with Gasteiger partial charge in [0.15, 0.2) is 12.2 Å². The largest absolute Gasteiger partial charge is 0.472 e. The van der Waals surface area contributed by atoms with Gasteiger partial charge in [-0.05, 0) is 37.5 Å². The van der Waals surface area contributed by atoms with Crippen LogP contribution in [-0.4, -0.2) is 96.7 Å². The van der Waals surface area contributed by atoms with Gasteiger partial charge in [0.2, 0.25) is 0 Å². The minimum atomic E-state index is -4.94. The number of aliphatic hydroxyl groups excluding tert-OH is 1. The molecular formula is C62H120O17P2. The minimum absolute atomic E-state index is 0.103. The Morgan fingerprint density at radius 1 is 0.346 bits per heavy atom. The first-order valence-corrected chi connectivity index (χ1v) is 35.6. The van der Waals surface area contributed by atoms with Crippen molar-refractivity contribution in [3.05, 3.63) is 0 Å². The van der Waals surface area contributed by atoms with Gasteiger partial charge in [0.25, 0.3) is 0 Å². The SMILES string of the molecule is CCCCCCCCCCCCCC(=O)O[C@H](COC(=O)CCCCCCCCC(C)CC)COP(=O)(O)OC[C@@H](O)COP(=O)(O)OC[C@@H](COC(=O)CCCCCCCCCCCC)OC(=O)CCCCCCCCC(C)CC. The Bertz CT molecular complexity index is 1600. The number of rotatable bonds is 61. The van der Waals surface area contributed by atoms with Crippen molar-refractivity contribution in [1.82, 2.24) is 0 Å². The van der Waals surface area contributed by atoms with Gasteiger partial charge in [0.05, 0.1) is 26.4 Å². The van der Waals surface area contributed by atoms with Crippen molar-refractivity contribution >= 4 is 39.5 Å². The molecule has 0 bridgehead atoms. The highest BCUT2D eigenvalue weighted by atomic mass is 31.2. The summed E-state index contributed by atoms with van der Waals surface area (Å²) < 4.78 is 67.9. The molecule has 0 saturated heterocycles. The average Bonchev–Trinajstić information content (AvgIpc) is 3.44. The van der Waals surface area contributed by atoms with Crippen molar-refractivity contribution < 1.29 is 80.2 Å². The second kappa shape index (κ2) is 54.7. The van der Waals surface area contributed by atoms with Crippen molar-refractivity contribution in [2.45, 2.75) is 323 Å². The third-order valence-electron chi connectivity index (χ3n) is 14.9. The molecule has 0 aliphatic carbocycles. The van der Waals surface area contributed by atoms with Crippen LogP contribution in [0.1, 0.15) is 305 Å².